The van der Waals surface area contributed by atoms with Gasteiger partial charge in [0.1, 0.15) is 6.04 Å². The molecule has 0 aromatic carbocycles. The molecule has 3 amide bonds. The van der Waals surface area contributed by atoms with Crippen molar-refractivity contribution in [2.45, 2.75) is 70.1 Å². The van der Waals surface area contributed by atoms with E-state index in [1.54, 1.807) is 6.92 Å². The van der Waals surface area contributed by atoms with E-state index < -0.39 is 37.3 Å². The van der Waals surface area contributed by atoms with Crippen molar-refractivity contribution in [1.82, 2.24) is 35.1 Å². The molecule has 5 aliphatic rings. The summed E-state index contributed by atoms with van der Waals surface area (Å²) in [7, 11) is -1.61. The average Bonchev–Trinajstić information content (AvgIpc) is 3.57. The number of fused-ring (bicyclic) bond motifs is 7. The van der Waals surface area contributed by atoms with Crippen LogP contribution in [0.2, 0.25) is 0 Å². The summed E-state index contributed by atoms with van der Waals surface area (Å²) in [5, 5.41) is 25.1. The van der Waals surface area contributed by atoms with E-state index in [2.05, 4.69) is 15.5 Å². The first-order valence-corrected chi connectivity index (χ1v) is 18.5. The molecular formula is C33H54BN7O10. The Morgan fingerprint density at radius 3 is 1.96 bits per heavy atom. The van der Waals surface area contributed by atoms with Gasteiger partial charge in [-0.15, -0.1) is 0 Å². The van der Waals surface area contributed by atoms with Gasteiger partial charge in [0, 0.05) is 71.4 Å². The number of ketones is 1. The number of hydrogen-bond acceptors (Lipinski definition) is 14. The standard InChI is InChI=1S/C33H54BN7O10/c1-23(33(47)41-8-2-3-27(41)34(48)49)36-32(46)25-6-4-24(5-7-25)18-35-28(43)20-38-11-15-39-13-9-37-10-14-40(16-12-38)22-30(45)51-31(17-26(42)19-37)50-29(44)21-39/h23-25,27,31,48-49H,2-22H2,1H3,(H,35,43)(H,36,46)/t23-,24?,25?,27+/m1/s1. The highest BCUT2D eigenvalue weighted by Crippen LogP contribution is 2.29. The summed E-state index contributed by atoms with van der Waals surface area (Å²) in [5.41, 5.74) is 0. The largest absolute Gasteiger partial charge is 0.475 e. The van der Waals surface area contributed by atoms with Crippen LogP contribution in [0.5, 0.6) is 0 Å². The zero-order valence-electron chi connectivity index (χ0n) is 29.7. The van der Waals surface area contributed by atoms with Gasteiger partial charge in [-0.2, -0.15) is 0 Å². The normalized spacial score (nSPS) is 31.9. The lowest BCUT2D eigenvalue weighted by Gasteiger charge is -2.33. The number of nitrogens with zero attached hydrogens (tertiary/aromatic N) is 5. The van der Waals surface area contributed by atoms with Crippen molar-refractivity contribution in [3.05, 3.63) is 0 Å². The number of hydrogen-bond donors (Lipinski definition) is 4. The Morgan fingerprint density at radius 1 is 0.804 bits per heavy atom. The van der Waals surface area contributed by atoms with Crippen molar-refractivity contribution < 1.29 is 48.3 Å². The summed E-state index contributed by atoms with van der Waals surface area (Å²) >= 11 is 0. The number of rotatable bonds is 8. The van der Waals surface area contributed by atoms with Crippen LogP contribution < -0.4 is 10.6 Å². The average molecular weight is 720 g/mol. The third-order valence-corrected chi connectivity index (χ3v) is 10.8. The van der Waals surface area contributed by atoms with Gasteiger partial charge in [-0.25, -0.2) is 0 Å². The molecule has 4 saturated heterocycles. The van der Waals surface area contributed by atoms with Crippen molar-refractivity contribution in [3.63, 3.8) is 0 Å². The predicted octanol–water partition coefficient (Wildman–Crippen LogP) is -2.96. The minimum absolute atomic E-state index is 0.0229. The SMILES string of the molecule is C[C@@H](NC(=O)C1CCC(CNC(=O)CN2CCN3CCN4CCN(CC2)CC(=O)OC(CC(=O)C4)OC(=O)C3)CC1)C(=O)N1CCC[C@H]1B(O)O. The maximum atomic E-state index is 13.2. The Labute approximate surface area is 299 Å². The Bertz CT molecular complexity index is 1230. The highest BCUT2D eigenvalue weighted by atomic mass is 16.7. The smallest absolute Gasteiger partial charge is 0.426 e. The molecule has 4 atom stereocenters. The first-order chi connectivity index (χ1) is 24.4. The van der Waals surface area contributed by atoms with Gasteiger partial charge < -0.3 is 35.1 Å². The third-order valence-electron chi connectivity index (χ3n) is 10.8. The summed E-state index contributed by atoms with van der Waals surface area (Å²) in [6.07, 6.45) is 2.59. The molecule has 0 radical (unpaired) electrons. The highest BCUT2D eigenvalue weighted by Gasteiger charge is 2.39. The lowest BCUT2D eigenvalue weighted by molar-refractivity contribution is -0.190. The van der Waals surface area contributed by atoms with Gasteiger partial charge in [-0.3, -0.25) is 48.4 Å². The number of likely N-dealkylation sites (tertiary alicyclic amines) is 1. The molecule has 18 heteroatoms. The van der Waals surface area contributed by atoms with Gasteiger partial charge in [-0.1, -0.05) is 0 Å². The maximum Gasteiger partial charge on any atom is 0.475 e. The van der Waals surface area contributed by atoms with Gasteiger partial charge in [0.2, 0.25) is 17.7 Å². The number of ether oxygens (including phenoxy) is 2. The van der Waals surface area contributed by atoms with Gasteiger partial charge in [0.05, 0.1) is 38.5 Å². The van der Waals surface area contributed by atoms with E-state index in [1.807, 2.05) is 14.7 Å². The fourth-order valence-corrected chi connectivity index (χ4v) is 7.71. The monoisotopic (exact) mass is 719 g/mol. The first-order valence-electron chi connectivity index (χ1n) is 18.5. The molecule has 1 aliphatic carbocycles. The second-order valence-corrected chi connectivity index (χ2v) is 14.7. The lowest BCUT2D eigenvalue weighted by Crippen LogP contribution is -2.53. The molecule has 5 rings (SSSR count). The van der Waals surface area contributed by atoms with Crippen LogP contribution in [-0.4, -0.2) is 187 Å². The molecule has 2 unspecified atom stereocenters. The number of carbonyl (C=O) groups is 6. The van der Waals surface area contributed by atoms with E-state index in [0.29, 0.717) is 91.1 Å². The van der Waals surface area contributed by atoms with E-state index in [0.717, 1.165) is 12.8 Å². The molecule has 0 spiro atoms. The summed E-state index contributed by atoms with van der Waals surface area (Å²) < 4.78 is 10.9. The number of carbonyl (C=O) groups excluding carboxylic acids is 6. The molecule has 0 aromatic heterocycles. The molecular weight excluding hydrogens is 665 g/mol. The molecule has 4 heterocycles. The topological polar surface area (TPSA) is 202 Å². The van der Waals surface area contributed by atoms with Crippen molar-refractivity contribution in [3.8, 4) is 0 Å². The Balaban J connectivity index is 1.09. The minimum atomic E-state index is -1.61. The summed E-state index contributed by atoms with van der Waals surface area (Å²) in [5.74, 6) is -2.58. The molecule has 0 aromatic rings. The summed E-state index contributed by atoms with van der Waals surface area (Å²) in [4.78, 5) is 86.8. The Kier molecular flexibility index (Phi) is 14.2. The fraction of sp³-hybridized carbons (Fsp3) is 0.818. The van der Waals surface area contributed by atoms with E-state index in [9.17, 15) is 38.8 Å². The van der Waals surface area contributed by atoms with Crippen LogP contribution in [0.15, 0.2) is 0 Å². The quantitative estimate of drug-likeness (QED) is 0.146. The number of esters is 2. The second kappa shape index (κ2) is 18.6. The number of Topliss-reactive ketones (excluding diaryl/α,β-unsaturated/α-hetero) is 1. The van der Waals surface area contributed by atoms with Gasteiger partial charge in [0.25, 0.3) is 6.29 Å². The minimum Gasteiger partial charge on any atom is -0.426 e. The summed E-state index contributed by atoms with van der Waals surface area (Å²) in [6, 6.07) is -0.763. The van der Waals surface area contributed by atoms with Crippen LogP contribution in [0.3, 0.4) is 0 Å². The first kappa shape index (κ1) is 39.1. The second-order valence-electron chi connectivity index (χ2n) is 14.7. The number of amides is 3. The summed E-state index contributed by atoms with van der Waals surface area (Å²) in [6.45, 7) is 7.10. The predicted molar refractivity (Wildman–Crippen MR) is 182 cm³/mol. The molecule has 284 valence electrons. The molecule has 17 nitrogen and oxygen atoms in total. The lowest BCUT2D eigenvalue weighted by atomic mass is 9.77. The Hall–Kier alpha value is -3.16. The van der Waals surface area contributed by atoms with E-state index in [-0.39, 0.29) is 67.9 Å². The third kappa shape index (κ3) is 11.7. The van der Waals surface area contributed by atoms with Crippen LogP contribution in [0.25, 0.3) is 0 Å². The molecule has 4 aliphatic heterocycles. The van der Waals surface area contributed by atoms with Crippen LogP contribution in [-0.2, 0) is 38.2 Å². The van der Waals surface area contributed by atoms with E-state index in [1.165, 1.54) is 4.90 Å². The zero-order valence-corrected chi connectivity index (χ0v) is 29.7. The van der Waals surface area contributed by atoms with Crippen LogP contribution in [0.4, 0.5) is 0 Å². The van der Waals surface area contributed by atoms with Gasteiger partial charge >= 0.3 is 19.1 Å². The van der Waals surface area contributed by atoms with Crippen LogP contribution >= 0.6 is 0 Å². The van der Waals surface area contributed by atoms with Gasteiger partial charge in [-0.05, 0) is 51.4 Å². The van der Waals surface area contributed by atoms with Gasteiger partial charge in [0.15, 0.2) is 5.78 Å². The van der Waals surface area contributed by atoms with Crippen molar-refractivity contribution in [2.75, 3.05) is 91.6 Å². The number of nitrogens with one attached hydrogen (secondary N) is 2. The molecule has 51 heavy (non-hydrogen) atoms. The molecule has 1 saturated carbocycles. The van der Waals surface area contributed by atoms with Crippen LogP contribution in [0.1, 0.15) is 51.9 Å². The zero-order chi connectivity index (χ0) is 36.5. The van der Waals surface area contributed by atoms with Crippen molar-refractivity contribution in [2.24, 2.45) is 11.8 Å². The maximum absolute atomic E-state index is 13.2. The van der Waals surface area contributed by atoms with E-state index >= 15 is 0 Å². The molecule has 4 N–H and O–H groups in total. The molecule has 5 fully saturated rings. The van der Waals surface area contributed by atoms with Crippen molar-refractivity contribution >= 4 is 42.6 Å². The van der Waals surface area contributed by atoms with Crippen LogP contribution in [0, 0.1) is 11.8 Å². The Morgan fingerprint density at radius 2 is 1.37 bits per heavy atom. The highest BCUT2D eigenvalue weighted by molar-refractivity contribution is 6.43. The molecule has 4 bridgehead atoms. The van der Waals surface area contributed by atoms with Crippen molar-refractivity contribution in [1.29, 1.82) is 0 Å². The fourth-order valence-electron chi connectivity index (χ4n) is 7.71. The van der Waals surface area contributed by atoms with E-state index in [4.69, 9.17) is 9.47 Å².